The highest BCUT2D eigenvalue weighted by molar-refractivity contribution is 9.10. The lowest BCUT2D eigenvalue weighted by Gasteiger charge is -2.26. The first kappa shape index (κ1) is 13.8. The number of hydrogen-bond donors (Lipinski definition) is 1. The van der Waals surface area contributed by atoms with Gasteiger partial charge in [-0.05, 0) is 43.5 Å². The number of benzene rings is 1. The maximum atomic E-state index is 5.68. The van der Waals surface area contributed by atoms with E-state index in [1.54, 1.807) is 0 Å². The molecule has 1 atom stereocenters. The summed E-state index contributed by atoms with van der Waals surface area (Å²) < 4.78 is 3.56. The number of aromatic nitrogens is 2. The predicted molar refractivity (Wildman–Crippen MR) is 84.9 cm³/mol. The first-order valence-corrected chi connectivity index (χ1v) is 7.97. The Morgan fingerprint density at radius 3 is 3.05 bits per heavy atom. The minimum absolute atomic E-state index is 0.583. The van der Waals surface area contributed by atoms with E-state index in [2.05, 4.69) is 50.6 Å². The van der Waals surface area contributed by atoms with Crippen LogP contribution in [0.15, 0.2) is 28.9 Å². The normalized spacial score (nSPS) is 18.1. The Morgan fingerprint density at radius 2 is 2.30 bits per heavy atom. The maximum Gasteiger partial charge on any atom is 0.110 e. The molecule has 1 unspecified atom stereocenters. The van der Waals surface area contributed by atoms with E-state index in [4.69, 9.17) is 5.73 Å². The highest BCUT2D eigenvalue weighted by atomic mass is 79.9. The summed E-state index contributed by atoms with van der Waals surface area (Å²) in [7, 11) is 0. The van der Waals surface area contributed by atoms with E-state index in [0.29, 0.717) is 12.5 Å². The fourth-order valence-corrected chi connectivity index (χ4v) is 3.28. The minimum atomic E-state index is 0.583. The van der Waals surface area contributed by atoms with Gasteiger partial charge in [-0.1, -0.05) is 28.1 Å². The Balaban J connectivity index is 1.87. The van der Waals surface area contributed by atoms with E-state index in [1.807, 2.05) is 6.20 Å². The van der Waals surface area contributed by atoms with E-state index in [0.717, 1.165) is 25.2 Å². The molecule has 3 nitrogen and oxygen atoms in total. The van der Waals surface area contributed by atoms with Gasteiger partial charge in [-0.25, -0.2) is 4.98 Å². The van der Waals surface area contributed by atoms with Gasteiger partial charge in [-0.15, -0.1) is 0 Å². The molecular weight excluding hydrogens is 314 g/mol. The molecule has 106 valence electrons. The average Bonchev–Trinajstić information content (AvgIpc) is 2.85. The number of aryl methyl sites for hydroxylation is 2. The lowest BCUT2D eigenvalue weighted by Crippen LogP contribution is -2.21. The van der Waals surface area contributed by atoms with Crippen LogP contribution in [0.5, 0.6) is 0 Å². The molecule has 2 heterocycles. The summed E-state index contributed by atoms with van der Waals surface area (Å²) in [4.78, 5) is 4.52. The van der Waals surface area contributed by atoms with Crippen LogP contribution in [0.2, 0.25) is 0 Å². The zero-order valence-corrected chi connectivity index (χ0v) is 13.4. The standard InChI is InChI=1S/C16H20BrN3/c1-11-8-12(3-5-15(11)17)13-2-4-14-9-19-16(6-7-18)20(14)10-13/h3,5,8-9,13H,2,4,6-7,10,18H2,1H3. The van der Waals surface area contributed by atoms with Gasteiger partial charge in [0.05, 0.1) is 0 Å². The van der Waals surface area contributed by atoms with Crippen molar-refractivity contribution in [2.45, 2.75) is 38.6 Å². The van der Waals surface area contributed by atoms with E-state index in [-0.39, 0.29) is 0 Å². The third-order valence-electron chi connectivity index (χ3n) is 4.19. The van der Waals surface area contributed by atoms with Gasteiger partial charge >= 0.3 is 0 Å². The molecule has 20 heavy (non-hydrogen) atoms. The van der Waals surface area contributed by atoms with Crippen molar-refractivity contribution < 1.29 is 0 Å². The van der Waals surface area contributed by atoms with Gasteiger partial charge < -0.3 is 10.3 Å². The van der Waals surface area contributed by atoms with Crippen molar-refractivity contribution in [2.24, 2.45) is 5.73 Å². The molecule has 1 aromatic heterocycles. The van der Waals surface area contributed by atoms with Gasteiger partial charge in [0.25, 0.3) is 0 Å². The molecule has 0 spiro atoms. The van der Waals surface area contributed by atoms with Crippen LogP contribution in [0, 0.1) is 6.92 Å². The summed E-state index contributed by atoms with van der Waals surface area (Å²) in [6.07, 6.45) is 5.20. The Morgan fingerprint density at radius 1 is 1.45 bits per heavy atom. The Kier molecular flexibility index (Phi) is 3.94. The fraction of sp³-hybridized carbons (Fsp3) is 0.438. The first-order chi connectivity index (χ1) is 9.69. The second kappa shape index (κ2) is 5.70. The van der Waals surface area contributed by atoms with E-state index < -0.39 is 0 Å². The summed E-state index contributed by atoms with van der Waals surface area (Å²) in [5.41, 5.74) is 9.78. The van der Waals surface area contributed by atoms with E-state index in [1.165, 1.54) is 27.7 Å². The fourth-order valence-electron chi connectivity index (χ4n) is 3.03. The molecule has 1 aliphatic rings. The highest BCUT2D eigenvalue weighted by Gasteiger charge is 2.22. The van der Waals surface area contributed by atoms with Crippen molar-refractivity contribution in [1.29, 1.82) is 0 Å². The van der Waals surface area contributed by atoms with Crippen molar-refractivity contribution in [2.75, 3.05) is 6.54 Å². The number of hydrogen-bond acceptors (Lipinski definition) is 2. The Bertz CT molecular complexity index is 618. The van der Waals surface area contributed by atoms with E-state index in [9.17, 15) is 0 Å². The van der Waals surface area contributed by atoms with Crippen molar-refractivity contribution in [3.63, 3.8) is 0 Å². The summed E-state index contributed by atoms with van der Waals surface area (Å²) >= 11 is 3.58. The van der Waals surface area contributed by atoms with Gasteiger partial charge in [0.2, 0.25) is 0 Å². The zero-order valence-electron chi connectivity index (χ0n) is 11.8. The molecular formula is C16H20BrN3. The molecule has 2 N–H and O–H groups in total. The van der Waals surface area contributed by atoms with Crippen LogP contribution < -0.4 is 5.73 Å². The summed E-state index contributed by atoms with van der Waals surface area (Å²) in [6, 6.07) is 6.71. The number of nitrogens with two attached hydrogens (primary N) is 1. The molecule has 0 bridgehead atoms. The molecule has 1 aromatic carbocycles. The SMILES string of the molecule is Cc1cc(C2CCc3cnc(CCN)n3C2)ccc1Br. The second-order valence-corrected chi connectivity index (χ2v) is 6.41. The summed E-state index contributed by atoms with van der Waals surface area (Å²) in [6.45, 7) is 3.85. The largest absolute Gasteiger partial charge is 0.331 e. The number of imidazole rings is 1. The molecule has 0 radical (unpaired) electrons. The van der Waals surface area contributed by atoms with Crippen LogP contribution in [-0.4, -0.2) is 16.1 Å². The summed E-state index contributed by atoms with van der Waals surface area (Å²) in [5.74, 6) is 1.72. The lowest BCUT2D eigenvalue weighted by atomic mass is 9.90. The highest BCUT2D eigenvalue weighted by Crippen LogP contribution is 2.31. The molecule has 4 heteroatoms. The molecule has 2 aromatic rings. The quantitative estimate of drug-likeness (QED) is 0.937. The average molecular weight is 334 g/mol. The number of fused-ring (bicyclic) bond motifs is 1. The van der Waals surface area contributed by atoms with Crippen molar-refractivity contribution >= 4 is 15.9 Å². The molecule has 1 aliphatic heterocycles. The molecule has 0 saturated heterocycles. The van der Waals surface area contributed by atoms with Crippen LogP contribution in [0.4, 0.5) is 0 Å². The zero-order chi connectivity index (χ0) is 14.1. The maximum absolute atomic E-state index is 5.68. The van der Waals surface area contributed by atoms with Crippen LogP contribution in [0.1, 0.15) is 35.0 Å². The van der Waals surface area contributed by atoms with Crippen molar-refractivity contribution in [3.05, 3.63) is 51.5 Å². The third-order valence-corrected chi connectivity index (χ3v) is 5.08. The van der Waals surface area contributed by atoms with Crippen LogP contribution in [0.3, 0.4) is 0 Å². The Hall–Kier alpha value is -1.13. The predicted octanol–water partition coefficient (Wildman–Crippen LogP) is 3.19. The van der Waals surface area contributed by atoms with Gasteiger partial charge in [-0.3, -0.25) is 0 Å². The number of halogens is 1. The van der Waals surface area contributed by atoms with Crippen LogP contribution in [-0.2, 0) is 19.4 Å². The molecule has 0 amide bonds. The molecule has 0 fully saturated rings. The van der Waals surface area contributed by atoms with Gasteiger partial charge in [-0.2, -0.15) is 0 Å². The van der Waals surface area contributed by atoms with Gasteiger partial charge in [0.1, 0.15) is 5.82 Å². The summed E-state index contributed by atoms with van der Waals surface area (Å²) in [5, 5.41) is 0. The van der Waals surface area contributed by atoms with Gasteiger partial charge in [0.15, 0.2) is 0 Å². The van der Waals surface area contributed by atoms with Crippen LogP contribution in [0.25, 0.3) is 0 Å². The molecule has 0 aliphatic carbocycles. The lowest BCUT2D eigenvalue weighted by molar-refractivity contribution is 0.451. The number of rotatable bonds is 3. The second-order valence-electron chi connectivity index (χ2n) is 5.56. The molecule has 3 rings (SSSR count). The van der Waals surface area contributed by atoms with Crippen LogP contribution >= 0.6 is 15.9 Å². The monoisotopic (exact) mass is 333 g/mol. The molecule has 0 saturated carbocycles. The topological polar surface area (TPSA) is 43.8 Å². The van der Waals surface area contributed by atoms with E-state index >= 15 is 0 Å². The third kappa shape index (κ3) is 2.54. The minimum Gasteiger partial charge on any atom is -0.331 e. The Labute approximate surface area is 128 Å². The smallest absolute Gasteiger partial charge is 0.110 e. The first-order valence-electron chi connectivity index (χ1n) is 7.18. The number of nitrogens with zero attached hydrogens (tertiary/aromatic N) is 2. The van der Waals surface area contributed by atoms with Crippen molar-refractivity contribution in [3.8, 4) is 0 Å². The van der Waals surface area contributed by atoms with Crippen molar-refractivity contribution in [1.82, 2.24) is 9.55 Å². The van der Waals surface area contributed by atoms with Gasteiger partial charge in [0, 0.05) is 35.2 Å².